The van der Waals surface area contributed by atoms with Gasteiger partial charge in [-0.25, -0.2) is 8.42 Å². The number of rotatable bonds is 3. The maximum Gasteiger partial charge on any atom is 0.225 e. The highest BCUT2D eigenvalue weighted by Gasteiger charge is 2.33. The van der Waals surface area contributed by atoms with Gasteiger partial charge in [0.1, 0.15) is 0 Å². The van der Waals surface area contributed by atoms with Gasteiger partial charge in [-0.1, -0.05) is 0 Å². The summed E-state index contributed by atoms with van der Waals surface area (Å²) in [6, 6.07) is -0.145. The molecule has 2 unspecified atom stereocenters. The van der Waals surface area contributed by atoms with Gasteiger partial charge in [-0.2, -0.15) is 0 Å². The van der Waals surface area contributed by atoms with Crippen molar-refractivity contribution >= 4 is 15.7 Å². The van der Waals surface area contributed by atoms with Crippen LogP contribution < -0.4 is 0 Å². The zero-order valence-electron chi connectivity index (χ0n) is 10.1. The van der Waals surface area contributed by atoms with E-state index < -0.39 is 9.84 Å². The van der Waals surface area contributed by atoms with E-state index in [1.54, 1.807) is 11.9 Å². The minimum atomic E-state index is -2.93. The van der Waals surface area contributed by atoms with Crippen LogP contribution in [-0.2, 0) is 19.4 Å². The minimum Gasteiger partial charge on any atom is -0.378 e. The van der Waals surface area contributed by atoms with E-state index in [4.69, 9.17) is 4.74 Å². The molecular formula is C11H19NO4S. The molecule has 98 valence electrons. The second-order valence-corrected chi connectivity index (χ2v) is 7.13. The van der Waals surface area contributed by atoms with Gasteiger partial charge in [0.25, 0.3) is 0 Å². The van der Waals surface area contributed by atoms with Gasteiger partial charge in [0, 0.05) is 19.7 Å². The Hall–Kier alpha value is -0.620. The van der Waals surface area contributed by atoms with Gasteiger partial charge in [0.2, 0.25) is 5.91 Å². The van der Waals surface area contributed by atoms with Gasteiger partial charge in [-0.05, 0) is 19.3 Å². The second-order valence-electron chi connectivity index (χ2n) is 4.90. The average Bonchev–Trinajstić information content (AvgIpc) is 2.86. The average molecular weight is 261 g/mol. The summed E-state index contributed by atoms with van der Waals surface area (Å²) < 4.78 is 28.1. The van der Waals surface area contributed by atoms with Crippen LogP contribution in [0.2, 0.25) is 0 Å². The fraction of sp³-hybridized carbons (Fsp3) is 0.909. The zero-order chi connectivity index (χ0) is 12.5. The first-order valence-electron chi connectivity index (χ1n) is 6.05. The lowest BCUT2D eigenvalue weighted by Crippen LogP contribution is -2.39. The summed E-state index contributed by atoms with van der Waals surface area (Å²) in [7, 11) is -1.23. The van der Waals surface area contributed by atoms with E-state index in [9.17, 15) is 13.2 Å². The maximum atomic E-state index is 11.9. The molecule has 2 fully saturated rings. The molecule has 2 atom stereocenters. The highest BCUT2D eigenvalue weighted by atomic mass is 32.2. The van der Waals surface area contributed by atoms with Gasteiger partial charge >= 0.3 is 0 Å². The van der Waals surface area contributed by atoms with Crippen LogP contribution >= 0.6 is 0 Å². The Morgan fingerprint density at radius 2 is 2.18 bits per heavy atom. The molecule has 0 bridgehead atoms. The van der Waals surface area contributed by atoms with Crippen LogP contribution in [0.25, 0.3) is 0 Å². The number of amides is 1. The smallest absolute Gasteiger partial charge is 0.225 e. The van der Waals surface area contributed by atoms with Crippen molar-refractivity contribution < 1.29 is 17.9 Å². The molecule has 0 saturated carbocycles. The van der Waals surface area contributed by atoms with Crippen LogP contribution in [0.5, 0.6) is 0 Å². The number of hydrogen-bond acceptors (Lipinski definition) is 4. The number of ether oxygens (including phenoxy) is 1. The summed E-state index contributed by atoms with van der Waals surface area (Å²) in [5.41, 5.74) is 0. The van der Waals surface area contributed by atoms with Gasteiger partial charge < -0.3 is 9.64 Å². The largest absolute Gasteiger partial charge is 0.378 e. The molecule has 1 amide bonds. The van der Waals surface area contributed by atoms with E-state index in [0.29, 0.717) is 12.8 Å². The highest BCUT2D eigenvalue weighted by Crippen LogP contribution is 2.20. The third-order valence-corrected chi connectivity index (χ3v) is 5.33. The van der Waals surface area contributed by atoms with Crippen LogP contribution in [0, 0.1) is 0 Å². The standard InChI is InChI=1S/C11H19NO4S/c1-12(9-4-6-17(14,15)8-9)11(13)7-10-3-2-5-16-10/h9-10H,2-8H2,1H3. The zero-order valence-corrected chi connectivity index (χ0v) is 10.9. The number of hydrogen-bond donors (Lipinski definition) is 0. The predicted molar refractivity (Wildman–Crippen MR) is 63.4 cm³/mol. The topological polar surface area (TPSA) is 63.7 Å². The van der Waals surface area contributed by atoms with Gasteiger partial charge in [0.05, 0.1) is 24.0 Å². The van der Waals surface area contributed by atoms with E-state index in [-0.39, 0.29) is 29.6 Å². The van der Waals surface area contributed by atoms with Crippen molar-refractivity contribution in [3.8, 4) is 0 Å². The van der Waals surface area contributed by atoms with Crippen molar-refractivity contribution in [2.24, 2.45) is 0 Å². The molecule has 0 aliphatic carbocycles. The normalized spacial score (nSPS) is 31.6. The number of carbonyl (C=O) groups excluding carboxylic acids is 1. The maximum absolute atomic E-state index is 11.9. The number of nitrogens with zero attached hydrogens (tertiary/aromatic N) is 1. The summed E-state index contributed by atoms with van der Waals surface area (Å²) in [4.78, 5) is 13.5. The molecule has 0 radical (unpaired) electrons. The van der Waals surface area contributed by atoms with Crippen LogP contribution in [0.3, 0.4) is 0 Å². The number of carbonyl (C=O) groups is 1. The van der Waals surface area contributed by atoms with E-state index >= 15 is 0 Å². The molecule has 2 aliphatic rings. The Balaban J connectivity index is 1.86. The molecule has 5 nitrogen and oxygen atoms in total. The van der Waals surface area contributed by atoms with Crippen molar-refractivity contribution in [2.75, 3.05) is 25.2 Å². The van der Waals surface area contributed by atoms with Crippen LogP contribution in [0.1, 0.15) is 25.7 Å². The van der Waals surface area contributed by atoms with Crippen molar-refractivity contribution in [3.05, 3.63) is 0 Å². The Labute approximate surface area is 102 Å². The van der Waals surface area contributed by atoms with Gasteiger partial charge in [0.15, 0.2) is 9.84 Å². The van der Waals surface area contributed by atoms with Crippen molar-refractivity contribution in [2.45, 2.75) is 37.8 Å². The fourth-order valence-electron chi connectivity index (χ4n) is 2.43. The lowest BCUT2D eigenvalue weighted by atomic mass is 10.1. The van der Waals surface area contributed by atoms with Crippen molar-refractivity contribution in [1.82, 2.24) is 4.90 Å². The Morgan fingerprint density at radius 3 is 2.71 bits per heavy atom. The Kier molecular flexibility index (Phi) is 3.73. The lowest BCUT2D eigenvalue weighted by Gasteiger charge is -2.24. The monoisotopic (exact) mass is 261 g/mol. The first kappa shape index (κ1) is 12.8. The summed E-state index contributed by atoms with van der Waals surface area (Å²) in [6.07, 6.45) is 2.92. The molecule has 0 aromatic carbocycles. The first-order chi connectivity index (χ1) is 7.98. The molecular weight excluding hydrogens is 242 g/mol. The lowest BCUT2D eigenvalue weighted by molar-refractivity contribution is -0.133. The molecule has 2 rings (SSSR count). The fourth-order valence-corrected chi connectivity index (χ4v) is 4.20. The van der Waals surface area contributed by atoms with Crippen LogP contribution in [0.15, 0.2) is 0 Å². The van der Waals surface area contributed by atoms with Crippen LogP contribution in [-0.4, -0.2) is 56.5 Å². The minimum absolute atomic E-state index is 0.000926. The quantitative estimate of drug-likeness (QED) is 0.728. The third kappa shape index (κ3) is 3.19. The van der Waals surface area contributed by atoms with E-state index in [1.165, 1.54) is 0 Å². The highest BCUT2D eigenvalue weighted by molar-refractivity contribution is 7.91. The Bertz CT molecular complexity index is 386. The molecule has 2 heterocycles. The third-order valence-electron chi connectivity index (χ3n) is 3.58. The summed E-state index contributed by atoms with van der Waals surface area (Å²) in [5.74, 6) is 0.315. The summed E-state index contributed by atoms with van der Waals surface area (Å²) in [6.45, 7) is 0.736. The summed E-state index contributed by atoms with van der Waals surface area (Å²) in [5, 5.41) is 0. The molecule has 0 aromatic rings. The van der Waals surface area contributed by atoms with Gasteiger partial charge in [-0.15, -0.1) is 0 Å². The predicted octanol–water partition coefficient (Wildman–Crippen LogP) is 0.201. The Morgan fingerprint density at radius 1 is 1.41 bits per heavy atom. The molecule has 0 spiro atoms. The van der Waals surface area contributed by atoms with Crippen molar-refractivity contribution in [3.63, 3.8) is 0 Å². The van der Waals surface area contributed by atoms with E-state index in [1.807, 2.05) is 0 Å². The molecule has 6 heteroatoms. The van der Waals surface area contributed by atoms with E-state index in [2.05, 4.69) is 0 Å². The van der Waals surface area contributed by atoms with Crippen LogP contribution in [0.4, 0.5) is 0 Å². The van der Waals surface area contributed by atoms with E-state index in [0.717, 1.165) is 19.4 Å². The molecule has 0 aromatic heterocycles. The number of sulfone groups is 1. The second kappa shape index (κ2) is 4.94. The van der Waals surface area contributed by atoms with Crippen molar-refractivity contribution in [1.29, 1.82) is 0 Å². The molecule has 2 saturated heterocycles. The molecule has 0 N–H and O–H groups in total. The van der Waals surface area contributed by atoms with Gasteiger partial charge in [-0.3, -0.25) is 4.79 Å². The molecule has 17 heavy (non-hydrogen) atoms. The SMILES string of the molecule is CN(C(=O)CC1CCCO1)C1CCS(=O)(=O)C1. The molecule has 2 aliphatic heterocycles. The summed E-state index contributed by atoms with van der Waals surface area (Å²) >= 11 is 0. The first-order valence-corrected chi connectivity index (χ1v) is 7.88.